The number of anilines is 1. The zero-order valence-corrected chi connectivity index (χ0v) is 12.5. The zero-order chi connectivity index (χ0) is 14.3. The van der Waals surface area contributed by atoms with Crippen LogP contribution in [0.3, 0.4) is 0 Å². The van der Waals surface area contributed by atoms with Crippen molar-refractivity contribution in [1.29, 1.82) is 5.26 Å². The molecule has 1 fully saturated rings. The maximum atomic E-state index is 12.4. The molecule has 102 valence electrons. The second-order valence-electron chi connectivity index (χ2n) is 4.96. The molecular weight excluding hydrogens is 371 g/mol. The Balaban J connectivity index is 2.05. The molecule has 0 bridgehead atoms. The lowest BCUT2D eigenvalue weighted by Crippen LogP contribution is -2.42. The van der Waals surface area contributed by atoms with Gasteiger partial charge in [0, 0.05) is 18.7 Å². The molecule has 0 radical (unpaired) electrons. The Labute approximate surface area is 129 Å². The molecule has 0 aromatic heterocycles. The number of benzene rings is 1. The Morgan fingerprint density at radius 1 is 1.55 bits per heavy atom. The number of nitriles is 1. The summed E-state index contributed by atoms with van der Waals surface area (Å²) in [5.41, 5.74) is 0.833. The highest BCUT2D eigenvalue weighted by Crippen LogP contribution is 2.46. The fourth-order valence-electron chi connectivity index (χ4n) is 3.02. The van der Waals surface area contributed by atoms with E-state index in [1.807, 2.05) is 24.3 Å². The van der Waals surface area contributed by atoms with E-state index in [0.717, 1.165) is 11.3 Å². The third kappa shape index (κ3) is 1.67. The van der Waals surface area contributed by atoms with Crippen LogP contribution in [0.15, 0.2) is 24.3 Å². The fourth-order valence-corrected chi connectivity index (χ4v) is 3.33. The molecule has 20 heavy (non-hydrogen) atoms. The van der Waals surface area contributed by atoms with E-state index in [-0.39, 0.29) is 18.5 Å². The number of halogens is 1. The molecule has 3 rings (SSSR count). The molecule has 3 amide bonds. The lowest BCUT2D eigenvalue weighted by atomic mass is 9.80. The number of carbonyl (C=O) groups is 2. The number of fused-ring (bicyclic) bond motifs is 2. The van der Waals surface area contributed by atoms with Crippen LogP contribution < -0.4 is 8.85 Å². The van der Waals surface area contributed by atoms with E-state index in [1.165, 1.54) is 4.90 Å². The Morgan fingerprint density at radius 2 is 2.30 bits per heavy atom. The van der Waals surface area contributed by atoms with Gasteiger partial charge >= 0.3 is 6.03 Å². The SMILES string of the molecule is N#C[C@@H]1C[C@@]2(CN1C(=O)NI)C(=O)Nc1ccccc12. The molecule has 2 aliphatic rings. The molecule has 2 atom stereocenters. The van der Waals surface area contributed by atoms with Crippen LogP contribution in [0.2, 0.25) is 0 Å². The van der Waals surface area contributed by atoms with Crippen molar-refractivity contribution in [2.24, 2.45) is 0 Å². The molecule has 2 heterocycles. The molecule has 7 heteroatoms. The van der Waals surface area contributed by atoms with Gasteiger partial charge in [-0.1, -0.05) is 18.2 Å². The van der Waals surface area contributed by atoms with Gasteiger partial charge in [-0.2, -0.15) is 5.26 Å². The van der Waals surface area contributed by atoms with Crippen molar-refractivity contribution in [1.82, 2.24) is 8.43 Å². The second-order valence-corrected chi connectivity index (χ2v) is 5.50. The molecule has 1 spiro atoms. The maximum absolute atomic E-state index is 12.4. The molecule has 1 aromatic carbocycles. The minimum atomic E-state index is -0.805. The van der Waals surface area contributed by atoms with E-state index in [4.69, 9.17) is 0 Å². The molecule has 0 aliphatic carbocycles. The van der Waals surface area contributed by atoms with Crippen LogP contribution in [0, 0.1) is 11.3 Å². The minimum absolute atomic E-state index is 0.136. The smallest absolute Gasteiger partial charge is 0.325 e. The summed E-state index contributed by atoms with van der Waals surface area (Å²) in [7, 11) is 0. The summed E-state index contributed by atoms with van der Waals surface area (Å²) in [5.74, 6) is -0.136. The Hall–Kier alpha value is -1.82. The average Bonchev–Trinajstić information content (AvgIpc) is 2.99. The summed E-state index contributed by atoms with van der Waals surface area (Å²) < 4.78 is 2.49. The van der Waals surface area contributed by atoms with Crippen molar-refractivity contribution in [3.63, 3.8) is 0 Å². The number of urea groups is 1. The van der Waals surface area contributed by atoms with E-state index < -0.39 is 11.5 Å². The monoisotopic (exact) mass is 382 g/mol. The topological polar surface area (TPSA) is 85.2 Å². The number of nitrogens with zero attached hydrogens (tertiary/aromatic N) is 2. The van der Waals surface area contributed by atoms with Crippen LogP contribution in [0.4, 0.5) is 10.5 Å². The van der Waals surface area contributed by atoms with Crippen LogP contribution in [-0.4, -0.2) is 29.4 Å². The first kappa shape index (κ1) is 13.2. The molecular formula is C13H11IN4O2. The van der Waals surface area contributed by atoms with E-state index in [2.05, 4.69) is 14.9 Å². The van der Waals surface area contributed by atoms with Crippen molar-refractivity contribution in [2.45, 2.75) is 17.9 Å². The Bertz CT molecular complexity index is 642. The van der Waals surface area contributed by atoms with Crippen LogP contribution in [-0.2, 0) is 10.2 Å². The van der Waals surface area contributed by atoms with Crippen molar-refractivity contribution < 1.29 is 9.59 Å². The molecule has 1 aromatic rings. The number of amides is 3. The maximum Gasteiger partial charge on any atom is 0.327 e. The predicted molar refractivity (Wildman–Crippen MR) is 80.0 cm³/mol. The zero-order valence-electron chi connectivity index (χ0n) is 10.4. The third-order valence-electron chi connectivity index (χ3n) is 3.97. The predicted octanol–water partition coefficient (Wildman–Crippen LogP) is 1.53. The number of likely N-dealkylation sites (tertiary alicyclic amines) is 1. The van der Waals surface area contributed by atoms with Gasteiger partial charge in [-0.3, -0.25) is 8.32 Å². The molecule has 6 nitrogen and oxygen atoms in total. The molecule has 0 unspecified atom stereocenters. The summed E-state index contributed by atoms with van der Waals surface area (Å²) in [6.07, 6.45) is 0.330. The van der Waals surface area contributed by atoms with Crippen LogP contribution >= 0.6 is 22.9 Å². The van der Waals surface area contributed by atoms with E-state index in [1.54, 1.807) is 22.9 Å². The summed E-state index contributed by atoms with van der Waals surface area (Å²) in [6, 6.07) is 8.61. The third-order valence-corrected chi connectivity index (χ3v) is 4.44. The number of carbonyl (C=O) groups excluding carboxylic acids is 2. The van der Waals surface area contributed by atoms with Gasteiger partial charge in [-0.05, 0) is 11.6 Å². The first-order valence-corrected chi connectivity index (χ1v) is 7.18. The summed E-state index contributed by atoms with van der Waals surface area (Å²) in [5, 5.41) is 12.1. The molecule has 2 N–H and O–H groups in total. The molecule has 2 aliphatic heterocycles. The van der Waals surface area contributed by atoms with Gasteiger partial charge < -0.3 is 10.2 Å². The number of hydrogen-bond acceptors (Lipinski definition) is 3. The van der Waals surface area contributed by atoms with Crippen LogP contribution in [0.1, 0.15) is 12.0 Å². The number of hydrogen-bond donors (Lipinski definition) is 2. The lowest BCUT2D eigenvalue weighted by Gasteiger charge is -2.22. The van der Waals surface area contributed by atoms with Crippen LogP contribution in [0.5, 0.6) is 0 Å². The van der Waals surface area contributed by atoms with E-state index in [0.29, 0.717) is 6.42 Å². The van der Waals surface area contributed by atoms with Gasteiger partial charge in [-0.25, -0.2) is 4.79 Å². The molecule has 0 saturated carbocycles. The summed E-state index contributed by atoms with van der Waals surface area (Å²) >= 11 is 1.74. The van der Waals surface area contributed by atoms with E-state index in [9.17, 15) is 14.9 Å². The summed E-state index contributed by atoms with van der Waals surface area (Å²) in [6.45, 7) is 0.225. The average molecular weight is 382 g/mol. The largest absolute Gasteiger partial charge is 0.327 e. The Kier molecular flexibility index (Phi) is 3.05. The Morgan fingerprint density at radius 3 is 3.00 bits per heavy atom. The standard InChI is InChI=1S/C13H11IN4O2/c14-17-12(20)18-7-13(5-8(18)6-15)9-3-1-2-4-10(9)16-11(13)19/h1-4,8H,5,7H2,(H,16,19)(H,17,20)/t8-,13-/m0/s1. The highest BCUT2D eigenvalue weighted by Gasteiger charge is 2.55. The van der Waals surface area contributed by atoms with Gasteiger partial charge in [-0.15, -0.1) is 0 Å². The summed E-state index contributed by atoms with van der Waals surface area (Å²) in [4.78, 5) is 25.7. The van der Waals surface area contributed by atoms with Crippen molar-refractivity contribution >= 4 is 40.5 Å². The van der Waals surface area contributed by atoms with Crippen molar-refractivity contribution in [3.05, 3.63) is 29.8 Å². The molecule has 1 saturated heterocycles. The second kappa shape index (κ2) is 4.63. The minimum Gasteiger partial charge on any atom is -0.325 e. The number of nitrogens with one attached hydrogen (secondary N) is 2. The normalized spacial score (nSPS) is 27.1. The lowest BCUT2D eigenvalue weighted by molar-refractivity contribution is -0.120. The van der Waals surface area contributed by atoms with Crippen LogP contribution in [0.25, 0.3) is 0 Å². The highest BCUT2D eigenvalue weighted by molar-refractivity contribution is 14.1. The van der Waals surface area contributed by atoms with Gasteiger partial charge in [0.2, 0.25) is 5.91 Å². The highest BCUT2D eigenvalue weighted by atomic mass is 127. The first-order chi connectivity index (χ1) is 9.62. The first-order valence-electron chi connectivity index (χ1n) is 6.10. The van der Waals surface area contributed by atoms with E-state index >= 15 is 0 Å². The number of para-hydroxylation sites is 1. The van der Waals surface area contributed by atoms with Crippen molar-refractivity contribution in [2.75, 3.05) is 11.9 Å². The quantitative estimate of drug-likeness (QED) is 0.527. The number of rotatable bonds is 0. The van der Waals surface area contributed by atoms with Crippen molar-refractivity contribution in [3.8, 4) is 6.07 Å². The van der Waals surface area contributed by atoms with Gasteiger partial charge in [0.25, 0.3) is 0 Å². The fraction of sp³-hybridized carbons (Fsp3) is 0.308. The van der Waals surface area contributed by atoms with Gasteiger partial charge in [0.15, 0.2) is 0 Å². The van der Waals surface area contributed by atoms with Gasteiger partial charge in [0.1, 0.15) is 6.04 Å². The van der Waals surface area contributed by atoms with Gasteiger partial charge in [0.05, 0.1) is 34.3 Å².